The topological polar surface area (TPSA) is 116 Å². The number of alkyl halides is 1. The number of benzene rings is 2. The van der Waals surface area contributed by atoms with Gasteiger partial charge in [0.25, 0.3) is 0 Å². The van der Waals surface area contributed by atoms with E-state index in [2.05, 4.69) is 26.2 Å². The molecule has 0 saturated carbocycles. The molecular weight excluding hydrogens is 627 g/mol. The highest BCUT2D eigenvalue weighted by Crippen LogP contribution is 2.48. The van der Waals surface area contributed by atoms with Crippen LogP contribution >= 0.6 is 11.3 Å². The molecule has 0 radical (unpaired) electrons. The summed E-state index contributed by atoms with van der Waals surface area (Å²) in [6, 6.07) is 7.19. The second kappa shape index (κ2) is 10.4. The Kier molecular flexibility index (Phi) is 6.45. The molecule has 0 amide bonds. The molecule has 4 fully saturated rings. The van der Waals surface area contributed by atoms with Crippen molar-refractivity contribution in [2.24, 2.45) is 0 Å². The number of thiophene rings is 1. The SMILES string of the molecule is Cc1cc2c(o1)c(-c1c(F)ccc3sc(N)c(C#N)c13)c(F)c1nc(OC[C@@]34CCCN3C[C@H](F)C4)nc(N3C[C@H]4CC[C@@H](C3)N4)c12. The number of nitrogen functional groups attached to an aromatic ring is 1. The smallest absolute Gasteiger partial charge is 0.319 e. The Balaban J connectivity index is 1.29. The van der Waals surface area contributed by atoms with E-state index < -0.39 is 23.3 Å². The summed E-state index contributed by atoms with van der Waals surface area (Å²) in [5, 5.41) is 15.1. The van der Waals surface area contributed by atoms with Crippen molar-refractivity contribution in [3.8, 4) is 23.2 Å². The molecule has 4 atom stereocenters. The number of nitrogens with two attached hydrogens (primary N) is 1. The molecule has 9 rings (SSSR count). The van der Waals surface area contributed by atoms with Crippen LogP contribution in [0, 0.1) is 29.9 Å². The molecule has 0 spiro atoms. The molecule has 0 unspecified atom stereocenters. The van der Waals surface area contributed by atoms with Crippen LogP contribution in [0.3, 0.4) is 0 Å². The maximum atomic E-state index is 17.4. The van der Waals surface area contributed by atoms with Crippen LogP contribution in [0.5, 0.6) is 6.01 Å². The van der Waals surface area contributed by atoms with Crippen LogP contribution in [-0.4, -0.2) is 71.4 Å². The summed E-state index contributed by atoms with van der Waals surface area (Å²) in [7, 11) is 0. The minimum atomic E-state index is -0.928. The van der Waals surface area contributed by atoms with Crippen LogP contribution in [0.15, 0.2) is 22.6 Å². The number of aromatic nitrogens is 2. The number of aryl methyl sites for hydroxylation is 1. The molecule has 4 aliphatic heterocycles. The van der Waals surface area contributed by atoms with Crippen LogP contribution in [0.1, 0.15) is 43.4 Å². The van der Waals surface area contributed by atoms with E-state index in [-0.39, 0.29) is 62.9 Å². The first kappa shape index (κ1) is 29.1. The third-order valence-electron chi connectivity index (χ3n) is 10.6. The van der Waals surface area contributed by atoms with Gasteiger partial charge in [-0.1, -0.05) is 0 Å². The number of rotatable bonds is 5. The van der Waals surface area contributed by atoms with Gasteiger partial charge in [0.15, 0.2) is 5.82 Å². The van der Waals surface area contributed by atoms with Gasteiger partial charge in [-0.2, -0.15) is 15.2 Å². The van der Waals surface area contributed by atoms with Gasteiger partial charge in [-0.15, -0.1) is 11.3 Å². The molecule has 242 valence electrons. The predicted molar refractivity (Wildman–Crippen MR) is 175 cm³/mol. The molecular formula is C34H32F3N7O2S. The van der Waals surface area contributed by atoms with Gasteiger partial charge in [-0.3, -0.25) is 4.90 Å². The van der Waals surface area contributed by atoms with Crippen molar-refractivity contribution >= 4 is 54.1 Å². The molecule has 4 aliphatic rings. The van der Waals surface area contributed by atoms with Crippen LogP contribution < -0.4 is 20.7 Å². The van der Waals surface area contributed by atoms with Crippen LogP contribution in [0.25, 0.3) is 43.1 Å². The van der Waals surface area contributed by atoms with Crippen molar-refractivity contribution in [1.82, 2.24) is 20.2 Å². The number of ether oxygens (including phenoxy) is 1. The van der Waals surface area contributed by atoms with Gasteiger partial charge in [0.05, 0.1) is 22.1 Å². The van der Waals surface area contributed by atoms with Gasteiger partial charge in [0.2, 0.25) is 0 Å². The molecule has 3 aromatic heterocycles. The van der Waals surface area contributed by atoms with E-state index in [9.17, 15) is 9.65 Å². The summed E-state index contributed by atoms with van der Waals surface area (Å²) >= 11 is 1.14. The first-order chi connectivity index (χ1) is 22.7. The first-order valence-corrected chi connectivity index (χ1v) is 16.9. The number of nitrogens with zero attached hydrogens (tertiary/aromatic N) is 5. The van der Waals surface area contributed by atoms with Crippen molar-refractivity contribution in [3.63, 3.8) is 0 Å². The minimum absolute atomic E-state index is 0.0116. The number of halogens is 3. The Hall–Kier alpha value is -4.12. The Bertz CT molecular complexity index is 2150. The monoisotopic (exact) mass is 659 g/mol. The maximum Gasteiger partial charge on any atom is 0.319 e. The fourth-order valence-corrected chi connectivity index (χ4v) is 9.54. The molecule has 2 aromatic carbocycles. The number of hydrogen-bond donors (Lipinski definition) is 2. The average molecular weight is 660 g/mol. The molecule has 4 saturated heterocycles. The normalized spacial score (nSPS) is 25.8. The average Bonchev–Trinajstić information content (AvgIpc) is 3.84. The Labute approximate surface area is 272 Å². The Morgan fingerprint density at radius 3 is 2.77 bits per heavy atom. The summed E-state index contributed by atoms with van der Waals surface area (Å²) in [6.07, 6.45) is 3.26. The van der Waals surface area contributed by atoms with E-state index in [1.54, 1.807) is 19.1 Å². The van der Waals surface area contributed by atoms with E-state index >= 15 is 8.78 Å². The Morgan fingerprint density at radius 1 is 1.17 bits per heavy atom. The maximum absolute atomic E-state index is 17.4. The summed E-state index contributed by atoms with van der Waals surface area (Å²) in [5.74, 6) is -0.502. The van der Waals surface area contributed by atoms with Crippen molar-refractivity contribution in [1.29, 1.82) is 5.26 Å². The van der Waals surface area contributed by atoms with Gasteiger partial charge < -0.3 is 25.1 Å². The number of anilines is 2. The van der Waals surface area contributed by atoms with Gasteiger partial charge in [0.1, 0.15) is 52.3 Å². The second-order valence-electron chi connectivity index (χ2n) is 13.5. The van der Waals surface area contributed by atoms with Gasteiger partial charge >= 0.3 is 6.01 Å². The summed E-state index contributed by atoms with van der Waals surface area (Å²) in [6.45, 7) is 4.45. The lowest BCUT2D eigenvalue weighted by atomic mass is 9.94. The minimum Gasteiger partial charge on any atom is -0.461 e. The van der Waals surface area contributed by atoms with Crippen LogP contribution in [-0.2, 0) is 0 Å². The van der Waals surface area contributed by atoms with E-state index in [0.717, 1.165) is 43.6 Å². The van der Waals surface area contributed by atoms with Crippen LogP contribution in [0.4, 0.5) is 24.0 Å². The third-order valence-corrected chi connectivity index (χ3v) is 11.6. The largest absolute Gasteiger partial charge is 0.461 e. The highest BCUT2D eigenvalue weighted by molar-refractivity contribution is 7.23. The molecule has 13 heteroatoms. The van der Waals surface area contributed by atoms with E-state index in [1.807, 2.05) is 0 Å². The van der Waals surface area contributed by atoms with Gasteiger partial charge in [0, 0.05) is 59.2 Å². The summed E-state index contributed by atoms with van der Waals surface area (Å²) in [4.78, 5) is 13.9. The predicted octanol–water partition coefficient (Wildman–Crippen LogP) is 6.19. The van der Waals surface area contributed by atoms with Crippen molar-refractivity contribution in [3.05, 3.63) is 41.2 Å². The van der Waals surface area contributed by atoms with Crippen LogP contribution in [0.2, 0.25) is 0 Å². The molecule has 7 heterocycles. The van der Waals surface area contributed by atoms with Crippen molar-refractivity contribution < 1.29 is 22.3 Å². The number of nitriles is 1. The molecule has 2 bridgehead atoms. The molecule has 47 heavy (non-hydrogen) atoms. The number of furan rings is 1. The number of hydrogen-bond acceptors (Lipinski definition) is 10. The molecule has 5 aromatic rings. The van der Waals surface area contributed by atoms with Crippen molar-refractivity contribution in [2.75, 3.05) is 43.4 Å². The standard InChI is InChI=1S/C34H32F3N7O2S/c1-16-9-20-25-29(28(37)27(30(20)46-16)26-22(36)5-6-23-24(26)21(11-38)31(39)47-23)41-33(42-32(25)43-13-18-3-4-19(14-43)40-18)45-15-34-7-2-8-44(34)12-17(35)10-34/h5-6,9,17-19,40H,2-4,7-8,10,12-15,39H2,1H3/t17-,18-,19+,34+/m1/s1. The van der Waals surface area contributed by atoms with Gasteiger partial charge in [-0.25, -0.2) is 13.2 Å². The Morgan fingerprint density at radius 2 is 1.98 bits per heavy atom. The quantitative estimate of drug-likeness (QED) is 0.228. The first-order valence-electron chi connectivity index (χ1n) is 16.1. The second-order valence-corrected chi connectivity index (χ2v) is 14.6. The van der Waals surface area contributed by atoms with Gasteiger partial charge in [-0.05, 0) is 57.4 Å². The van der Waals surface area contributed by atoms with E-state index in [4.69, 9.17) is 19.9 Å². The molecule has 3 N–H and O–H groups in total. The van der Waals surface area contributed by atoms with Crippen molar-refractivity contribution in [2.45, 2.75) is 62.8 Å². The number of nitrogens with one attached hydrogen (secondary N) is 1. The lowest BCUT2D eigenvalue weighted by molar-refractivity contribution is 0.107. The number of piperazine rings is 1. The van der Waals surface area contributed by atoms with E-state index in [0.29, 0.717) is 53.1 Å². The highest BCUT2D eigenvalue weighted by atomic mass is 32.1. The summed E-state index contributed by atoms with van der Waals surface area (Å²) < 4.78 is 60.9. The lowest BCUT2D eigenvalue weighted by Gasteiger charge is -2.35. The number of fused-ring (bicyclic) bond motifs is 7. The summed E-state index contributed by atoms with van der Waals surface area (Å²) in [5.41, 5.74) is 5.67. The fourth-order valence-electron chi connectivity index (χ4n) is 8.61. The van der Waals surface area contributed by atoms with E-state index in [1.165, 1.54) is 6.07 Å². The zero-order chi connectivity index (χ0) is 32.2. The highest BCUT2D eigenvalue weighted by Gasteiger charge is 2.49. The fraction of sp³-hybridized carbons (Fsp3) is 0.441. The zero-order valence-corrected chi connectivity index (χ0v) is 26.5. The third kappa shape index (κ3) is 4.34. The zero-order valence-electron chi connectivity index (χ0n) is 25.7. The lowest BCUT2D eigenvalue weighted by Crippen LogP contribution is -2.51. The molecule has 0 aliphatic carbocycles. The molecule has 9 nitrogen and oxygen atoms in total.